The van der Waals surface area contributed by atoms with E-state index in [-0.39, 0.29) is 0 Å². The number of pyridine rings is 1. The maximum absolute atomic E-state index is 6.25. The Morgan fingerprint density at radius 1 is 1.10 bits per heavy atom. The number of fused-ring (bicyclic) bond motifs is 1. The zero-order valence-corrected chi connectivity index (χ0v) is 12.1. The predicted molar refractivity (Wildman–Crippen MR) is 89.5 cm³/mol. The van der Waals surface area contributed by atoms with E-state index < -0.39 is 0 Å². The number of anilines is 2. The highest BCUT2D eigenvalue weighted by Crippen LogP contribution is 2.28. The quantitative estimate of drug-likeness (QED) is 0.708. The molecule has 0 aliphatic carbocycles. The molecule has 1 aromatic heterocycles. The van der Waals surface area contributed by atoms with Gasteiger partial charge in [-0.1, -0.05) is 43.3 Å². The highest BCUT2D eigenvalue weighted by molar-refractivity contribution is 5.98. The number of nitrogen functional groups attached to an aromatic ring is 1. The van der Waals surface area contributed by atoms with E-state index in [1.165, 1.54) is 5.56 Å². The van der Waals surface area contributed by atoms with Gasteiger partial charge in [0, 0.05) is 29.7 Å². The fraction of sp³-hybridized carbons (Fsp3) is 0.167. The van der Waals surface area contributed by atoms with Crippen molar-refractivity contribution in [1.29, 1.82) is 0 Å². The molecule has 3 heteroatoms. The number of nitrogens with one attached hydrogen (secondary N) is 1. The van der Waals surface area contributed by atoms with Crippen molar-refractivity contribution in [3.8, 4) is 0 Å². The molecule has 1 atom stereocenters. The molecule has 106 valence electrons. The van der Waals surface area contributed by atoms with E-state index in [1.54, 1.807) is 6.20 Å². The third-order valence-corrected chi connectivity index (χ3v) is 3.83. The fourth-order valence-electron chi connectivity index (χ4n) is 2.51. The number of hydrogen-bond donors (Lipinski definition) is 2. The number of nitrogens with two attached hydrogens (primary N) is 1. The molecule has 0 radical (unpaired) electrons. The van der Waals surface area contributed by atoms with Gasteiger partial charge in [0.2, 0.25) is 0 Å². The van der Waals surface area contributed by atoms with Crippen molar-refractivity contribution in [2.75, 3.05) is 17.6 Å². The van der Waals surface area contributed by atoms with Crippen LogP contribution in [0.5, 0.6) is 0 Å². The summed E-state index contributed by atoms with van der Waals surface area (Å²) < 4.78 is 0. The Kier molecular flexibility index (Phi) is 3.73. The number of benzene rings is 2. The molecule has 0 spiro atoms. The van der Waals surface area contributed by atoms with E-state index >= 15 is 0 Å². The van der Waals surface area contributed by atoms with Gasteiger partial charge in [-0.3, -0.25) is 4.98 Å². The second-order valence-electron chi connectivity index (χ2n) is 5.32. The van der Waals surface area contributed by atoms with Gasteiger partial charge in [-0.15, -0.1) is 0 Å². The number of aromatic nitrogens is 1. The average Bonchev–Trinajstić information content (AvgIpc) is 2.55. The molecule has 2 aromatic carbocycles. The van der Waals surface area contributed by atoms with Crippen molar-refractivity contribution in [2.24, 2.45) is 0 Å². The molecule has 1 unspecified atom stereocenters. The van der Waals surface area contributed by atoms with Crippen LogP contribution in [0.15, 0.2) is 60.9 Å². The first-order valence-corrected chi connectivity index (χ1v) is 7.16. The minimum atomic E-state index is 0.429. The molecule has 1 heterocycles. The molecule has 21 heavy (non-hydrogen) atoms. The molecule has 0 saturated heterocycles. The second kappa shape index (κ2) is 5.83. The molecule has 3 nitrogen and oxygen atoms in total. The van der Waals surface area contributed by atoms with Crippen molar-refractivity contribution < 1.29 is 0 Å². The molecule has 3 rings (SSSR count). The van der Waals surface area contributed by atoms with Gasteiger partial charge in [-0.05, 0) is 23.6 Å². The van der Waals surface area contributed by atoms with Gasteiger partial charge in [0.05, 0.1) is 11.4 Å². The molecule has 0 saturated carbocycles. The summed E-state index contributed by atoms with van der Waals surface area (Å²) in [5.74, 6) is 0.429. The largest absolute Gasteiger partial charge is 0.397 e. The Labute approximate surface area is 124 Å². The first kappa shape index (κ1) is 13.4. The maximum Gasteiger partial charge on any atom is 0.0630 e. The van der Waals surface area contributed by atoms with Gasteiger partial charge in [0.25, 0.3) is 0 Å². The van der Waals surface area contributed by atoms with Crippen molar-refractivity contribution in [1.82, 2.24) is 4.98 Å². The SMILES string of the molecule is CC(CNc1ccc2cnccc2c1N)c1ccccc1. The Morgan fingerprint density at radius 2 is 1.90 bits per heavy atom. The molecule has 0 fully saturated rings. The highest BCUT2D eigenvalue weighted by atomic mass is 14.9. The van der Waals surface area contributed by atoms with E-state index in [2.05, 4.69) is 41.5 Å². The summed E-state index contributed by atoms with van der Waals surface area (Å²) in [6, 6.07) is 16.5. The fourth-order valence-corrected chi connectivity index (χ4v) is 2.51. The van der Waals surface area contributed by atoms with E-state index in [1.807, 2.05) is 30.5 Å². The molecule has 0 aliphatic rings. The average molecular weight is 277 g/mol. The van der Waals surface area contributed by atoms with Crippen LogP contribution in [0.2, 0.25) is 0 Å². The highest BCUT2D eigenvalue weighted by Gasteiger charge is 2.07. The lowest BCUT2D eigenvalue weighted by Gasteiger charge is -2.16. The summed E-state index contributed by atoms with van der Waals surface area (Å²) in [6.45, 7) is 3.06. The van der Waals surface area contributed by atoms with Crippen LogP contribution >= 0.6 is 0 Å². The van der Waals surface area contributed by atoms with E-state index in [0.717, 1.165) is 28.7 Å². The van der Waals surface area contributed by atoms with Crippen LogP contribution < -0.4 is 11.1 Å². The van der Waals surface area contributed by atoms with Gasteiger partial charge in [-0.2, -0.15) is 0 Å². The smallest absolute Gasteiger partial charge is 0.0630 e. The Balaban J connectivity index is 1.78. The molecule has 3 aromatic rings. The first-order chi connectivity index (χ1) is 10.3. The normalized spacial score (nSPS) is 12.2. The van der Waals surface area contributed by atoms with Crippen LogP contribution in [0.3, 0.4) is 0 Å². The number of rotatable bonds is 4. The topological polar surface area (TPSA) is 50.9 Å². The van der Waals surface area contributed by atoms with Crippen molar-refractivity contribution in [3.63, 3.8) is 0 Å². The summed E-state index contributed by atoms with van der Waals surface area (Å²) in [6.07, 6.45) is 3.61. The summed E-state index contributed by atoms with van der Waals surface area (Å²) in [4.78, 5) is 4.12. The maximum atomic E-state index is 6.25. The van der Waals surface area contributed by atoms with Gasteiger partial charge < -0.3 is 11.1 Å². The van der Waals surface area contributed by atoms with Gasteiger partial charge in [-0.25, -0.2) is 0 Å². The van der Waals surface area contributed by atoms with Crippen LogP contribution in [0, 0.1) is 0 Å². The standard InChI is InChI=1S/C18H19N3/c1-13(14-5-3-2-4-6-14)11-21-17-8-7-15-12-20-10-9-16(15)18(17)19/h2-10,12-13,21H,11,19H2,1H3. The number of hydrogen-bond acceptors (Lipinski definition) is 3. The Bertz CT molecular complexity index is 738. The van der Waals surface area contributed by atoms with Crippen LogP contribution in [-0.4, -0.2) is 11.5 Å². The van der Waals surface area contributed by atoms with Crippen LogP contribution in [-0.2, 0) is 0 Å². The van der Waals surface area contributed by atoms with E-state index in [9.17, 15) is 0 Å². The summed E-state index contributed by atoms with van der Waals surface area (Å²) in [5, 5.41) is 5.57. The predicted octanol–water partition coefficient (Wildman–Crippen LogP) is 4.03. The van der Waals surface area contributed by atoms with Crippen LogP contribution in [0.1, 0.15) is 18.4 Å². The van der Waals surface area contributed by atoms with Crippen molar-refractivity contribution in [2.45, 2.75) is 12.8 Å². The summed E-state index contributed by atoms with van der Waals surface area (Å²) in [7, 11) is 0. The molecule has 0 aliphatic heterocycles. The monoisotopic (exact) mass is 277 g/mol. The lowest BCUT2D eigenvalue weighted by atomic mass is 10.0. The van der Waals surface area contributed by atoms with Crippen molar-refractivity contribution in [3.05, 3.63) is 66.5 Å². The lowest BCUT2D eigenvalue weighted by Crippen LogP contribution is -2.11. The Hall–Kier alpha value is -2.55. The minimum absolute atomic E-state index is 0.429. The van der Waals surface area contributed by atoms with E-state index in [0.29, 0.717) is 5.92 Å². The zero-order chi connectivity index (χ0) is 14.7. The number of nitrogens with zero attached hydrogens (tertiary/aromatic N) is 1. The third kappa shape index (κ3) is 2.82. The Morgan fingerprint density at radius 3 is 2.71 bits per heavy atom. The lowest BCUT2D eigenvalue weighted by molar-refractivity contribution is 0.805. The third-order valence-electron chi connectivity index (χ3n) is 3.83. The molecule has 0 amide bonds. The van der Waals surface area contributed by atoms with Gasteiger partial charge in [0.1, 0.15) is 0 Å². The minimum Gasteiger partial charge on any atom is -0.397 e. The van der Waals surface area contributed by atoms with E-state index in [4.69, 9.17) is 5.73 Å². The molecule has 3 N–H and O–H groups in total. The summed E-state index contributed by atoms with van der Waals surface area (Å²) in [5.41, 5.74) is 9.35. The van der Waals surface area contributed by atoms with Gasteiger partial charge >= 0.3 is 0 Å². The van der Waals surface area contributed by atoms with Gasteiger partial charge in [0.15, 0.2) is 0 Å². The first-order valence-electron chi connectivity index (χ1n) is 7.16. The molecular weight excluding hydrogens is 258 g/mol. The summed E-state index contributed by atoms with van der Waals surface area (Å²) >= 11 is 0. The van der Waals surface area contributed by atoms with Crippen LogP contribution in [0.25, 0.3) is 10.8 Å². The molecular formula is C18H19N3. The molecule has 0 bridgehead atoms. The second-order valence-corrected chi connectivity index (χ2v) is 5.32. The van der Waals surface area contributed by atoms with Crippen LogP contribution in [0.4, 0.5) is 11.4 Å². The van der Waals surface area contributed by atoms with Crippen molar-refractivity contribution >= 4 is 22.1 Å². The zero-order valence-electron chi connectivity index (χ0n) is 12.1.